The molecule has 0 aliphatic heterocycles. The number of esters is 1. The Balaban J connectivity index is 2.84. The number of hydrogen-bond donors (Lipinski definition) is 0. The van der Waals surface area contributed by atoms with Gasteiger partial charge >= 0.3 is 5.97 Å². The molecule has 0 radical (unpaired) electrons. The molecule has 0 unspecified atom stereocenters. The Labute approximate surface area is 92.0 Å². The topological polar surface area (TPSA) is 26.3 Å². The third-order valence-corrected chi connectivity index (χ3v) is 1.82. The average Bonchev–Trinajstić information content (AvgIpc) is 2.17. The van der Waals surface area contributed by atoms with E-state index in [-0.39, 0.29) is 11.6 Å². The summed E-state index contributed by atoms with van der Waals surface area (Å²) in [4.78, 5) is 10.9. The second kappa shape index (κ2) is 5.38. The van der Waals surface area contributed by atoms with Crippen molar-refractivity contribution >= 4 is 17.6 Å². The maximum Gasteiger partial charge on any atom is 0.384 e. The maximum absolute atomic E-state index is 12.6. The molecule has 78 valence electrons. The fourth-order valence-corrected chi connectivity index (χ4v) is 1.09. The molecule has 0 aliphatic carbocycles. The Hall–Kier alpha value is -1.53. The number of carbonyl (C=O) groups is 1. The van der Waals surface area contributed by atoms with E-state index < -0.39 is 11.8 Å². The van der Waals surface area contributed by atoms with E-state index >= 15 is 0 Å². The highest BCUT2D eigenvalue weighted by atomic mass is 35.5. The molecule has 0 aromatic heterocycles. The van der Waals surface area contributed by atoms with Crippen LogP contribution in [0, 0.1) is 17.7 Å². The molecule has 0 spiro atoms. The lowest BCUT2D eigenvalue weighted by Gasteiger charge is -1.95. The van der Waals surface area contributed by atoms with Gasteiger partial charge in [0, 0.05) is 11.5 Å². The van der Waals surface area contributed by atoms with Crippen LogP contribution in [0.4, 0.5) is 4.39 Å². The SMILES string of the molecule is CCOC(=O)C#Cc1ccc(F)cc1Cl. The molecule has 1 aromatic carbocycles. The number of benzene rings is 1. The van der Waals surface area contributed by atoms with Crippen LogP contribution in [0.1, 0.15) is 12.5 Å². The molecular weight excluding hydrogens is 219 g/mol. The first-order chi connectivity index (χ1) is 7.13. The van der Waals surface area contributed by atoms with Crippen LogP contribution in [0.3, 0.4) is 0 Å². The standard InChI is InChI=1S/C11H8ClFO2/c1-2-15-11(14)6-4-8-3-5-9(13)7-10(8)12/h3,5,7H,2H2,1H3. The molecule has 1 aromatic rings. The van der Waals surface area contributed by atoms with Gasteiger partial charge in [0.2, 0.25) is 0 Å². The minimum atomic E-state index is -0.627. The summed E-state index contributed by atoms with van der Waals surface area (Å²) in [6, 6.07) is 3.77. The van der Waals surface area contributed by atoms with Gasteiger partial charge < -0.3 is 4.74 Å². The Morgan fingerprint density at radius 3 is 2.93 bits per heavy atom. The van der Waals surface area contributed by atoms with E-state index in [1.165, 1.54) is 12.1 Å². The van der Waals surface area contributed by atoms with Crippen LogP contribution in [0.15, 0.2) is 18.2 Å². The second-order valence-corrected chi connectivity index (χ2v) is 3.00. The Kier molecular flexibility index (Phi) is 4.14. The van der Waals surface area contributed by atoms with Crippen molar-refractivity contribution in [2.75, 3.05) is 6.61 Å². The molecule has 0 aliphatic rings. The lowest BCUT2D eigenvalue weighted by Crippen LogP contribution is -1.99. The summed E-state index contributed by atoms with van der Waals surface area (Å²) in [5.41, 5.74) is 0.395. The van der Waals surface area contributed by atoms with Gasteiger partial charge in [0.1, 0.15) is 5.82 Å². The summed E-state index contributed by atoms with van der Waals surface area (Å²) in [7, 11) is 0. The lowest BCUT2D eigenvalue weighted by molar-refractivity contribution is -0.136. The van der Waals surface area contributed by atoms with Crippen LogP contribution in [0.2, 0.25) is 5.02 Å². The van der Waals surface area contributed by atoms with Gasteiger partial charge in [-0.05, 0) is 25.1 Å². The van der Waals surface area contributed by atoms with E-state index in [4.69, 9.17) is 11.6 Å². The molecule has 0 heterocycles. The minimum absolute atomic E-state index is 0.173. The number of ether oxygens (including phenoxy) is 1. The number of rotatable bonds is 1. The van der Waals surface area contributed by atoms with E-state index in [1.54, 1.807) is 6.92 Å². The fourth-order valence-electron chi connectivity index (χ4n) is 0.876. The molecule has 0 saturated heterocycles. The Morgan fingerprint density at radius 2 is 2.33 bits per heavy atom. The first-order valence-electron chi connectivity index (χ1n) is 4.27. The lowest BCUT2D eigenvalue weighted by atomic mass is 10.2. The van der Waals surface area contributed by atoms with E-state index in [0.29, 0.717) is 5.56 Å². The van der Waals surface area contributed by atoms with Gasteiger partial charge in [0.05, 0.1) is 11.6 Å². The summed E-state index contributed by atoms with van der Waals surface area (Å²) in [5, 5.41) is 0.173. The van der Waals surface area contributed by atoms with Crippen LogP contribution in [0.5, 0.6) is 0 Å². The van der Waals surface area contributed by atoms with Gasteiger partial charge in [-0.15, -0.1) is 0 Å². The zero-order valence-electron chi connectivity index (χ0n) is 8.01. The van der Waals surface area contributed by atoms with E-state index in [1.807, 2.05) is 0 Å². The summed E-state index contributed by atoms with van der Waals surface area (Å²) in [5.74, 6) is 3.67. The van der Waals surface area contributed by atoms with Crippen molar-refractivity contribution in [2.24, 2.45) is 0 Å². The molecule has 0 saturated carbocycles. The van der Waals surface area contributed by atoms with E-state index in [9.17, 15) is 9.18 Å². The van der Waals surface area contributed by atoms with Gasteiger partial charge in [-0.2, -0.15) is 0 Å². The summed E-state index contributed by atoms with van der Waals surface area (Å²) >= 11 is 5.70. The average molecular weight is 227 g/mol. The zero-order valence-corrected chi connectivity index (χ0v) is 8.77. The van der Waals surface area contributed by atoms with Crippen molar-refractivity contribution < 1.29 is 13.9 Å². The molecule has 0 N–H and O–H groups in total. The smallest absolute Gasteiger partial charge is 0.384 e. The molecule has 0 bridgehead atoms. The van der Waals surface area contributed by atoms with Crippen molar-refractivity contribution in [3.05, 3.63) is 34.6 Å². The molecular formula is C11H8ClFO2. The Morgan fingerprint density at radius 1 is 1.60 bits per heavy atom. The van der Waals surface area contributed by atoms with Gasteiger partial charge in [-0.3, -0.25) is 0 Å². The Bertz CT molecular complexity index is 432. The number of carbonyl (C=O) groups excluding carboxylic acids is 1. The van der Waals surface area contributed by atoms with E-state index in [2.05, 4.69) is 16.6 Å². The van der Waals surface area contributed by atoms with Gasteiger partial charge in [-0.1, -0.05) is 17.5 Å². The zero-order chi connectivity index (χ0) is 11.3. The largest absolute Gasteiger partial charge is 0.456 e. The highest BCUT2D eigenvalue weighted by Crippen LogP contribution is 2.15. The summed E-state index contributed by atoms with van der Waals surface area (Å²) < 4.78 is 17.2. The first-order valence-corrected chi connectivity index (χ1v) is 4.65. The van der Waals surface area contributed by atoms with Gasteiger partial charge in [-0.25, -0.2) is 9.18 Å². The van der Waals surface area contributed by atoms with E-state index in [0.717, 1.165) is 6.07 Å². The highest BCUT2D eigenvalue weighted by molar-refractivity contribution is 6.31. The molecule has 1 rings (SSSR count). The summed E-state index contributed by atoms with van der Waals surface area (Å²) in [6.07, 6.45) is 0. The quantitative estimate of drug-likeness (QED) is 0.543. The van der Waals surface area contributed by atoms with Crippen LogP contribution in [0.25, 0.3) is 0 Å². The molecule has 0 atom stereocenters. The van der Waals surface area contributed by atoms with Gasteiger partial charge in [0.15, 0.2) is 0 Å². The second-order valence-electron chi connectivity index (χ2n) is 2.59. The van der Waals surface area contributed by atoms with Crippen molar-refractivity contribution in [3.8, 4) is 11.8 Å². The minimum Gasteiger partial charge on any atom is -0.456 e. The number of hydrogen-bond acceptors (Lipinski definition) is 2. The van der Waals surface area contributed by atoms with Gasteiger partial charge in [0.25, 0.3) is 0 Å². The summed E-state index contributed by atoms with van der Waals surface area (Å²) in [6.45, 7) is 1.95. The fraction of sp³-hybridized carbons (Fsp3) is 0.182. The third kappa shape index (κ3) is 3.61. The maximum atomic E-state index is 12.6. The van der Waals surface area contributed by atoms with Crippen molar-refractivity contribution in [2.45, 2.75) is 6.92 Å². The van der Waals surface area contributed by atoms with Crippen molar-refractivity contribution in [1.82, 2.24) is 0 Å². The van der Waals surface area contributed by atoms with Crippen LogP contribution in [-0.2, 0) is 9.53 Å². The number of halogens is 2. The van der Waals surface area contributed by atoms with Crippen LogP contribution in [-0.4, -0.2) is 12.6 Å². The highest BCUT2D eigenvalue weighted by Gasteiger charge is 1.99. The third-order valence-electron chi connectivity index (χ3n) is 1.51. The normalized spacial score (nSPS) is 9.00. The van der Waals surface area contributed by atoms with Crippen LogP contribution >= 0.6 is 11.6 Å². The van der Waals surface area contributed by atoms with Crippen molar-refractivity contribution in [3.63, 3.8) is 0 Å². The first kappa shape index (κ1) is 11.5. The predicted octanol–water partition coefficient (Wildman–Crippen LogP) is 2.39. The molecule has 2 nitrogen and oxygen atoms in total. The van der Waals surface area contributed by atoms with Crippen LogP contribution < -0.4 is 0 Å². The molecule has 15 heavy (non-hydrogen) atoms. The molecule has 0 amide bonds. The molecule has 0 fully saturated rings. The predicted molar refractivity (Wildman–Crippen MR) is 54.9 cm³/mol. The molecule has 4 heteroatoms. The van der Waals surface area contributed by atoms with Crippen molar-refractivity contribution in [1.29, 1.82) is 0 Å². The monoisotopic (exact) mass is 226 g/mol.